The van der Waals surface area contributed by atoms with Crippen molar-refractivity contribution < 1.29 is 9.53 Å². The Bertz CT molecular complexity index is 871. The Hall–Kier alpha value is -2.67. The first-order valence-electron chi connectivity index (χ1n) is 6.82. The molecule has 0 atom stereocenters. The molecule has 1 aromatic heterocycles. The Labute approximate surface area is 140 Å². The molecule has 116 valence electrons. The van der Waals surface area contributed by atoms with E-state index in [4.69, 9.17) is 10.5 Å². The van der Waals surface area contributed by atoms with Gasteiger partial charge < -0.3 is 15.5 Å². The number of anilines is 1. The number of H-pyrrole nitrogens is 1. The van der Waals surface area contributed by atoms with Crippen LogP contribution in [0, 0.1) is 0 Å². The molecule has 3 N–H and O–H groups in total. The molecule has 0 bridgehead atoms. The van der Waals surface area contributed by atoms with Crippen molar-refractivity contribution in [1.29, 1.82) is 0 Å². The number of carbonyl (C=O) groups excluding carboxylic acids is 1. The van der Waals surface area contributed by atoms with Crippen LogP contribution >= 0.6 is 15.9 Å². The van der Waals surface area contributed by atoms with Gasteiger partial charge in [-0.05, 0) is 24.3 Å². The fourth-order valence-corrected chi connectivity index (χ4v) is 2.34. The van der Waals surface area contributed by atoms with E-state index in [1.165, 1.54) is 0 Å². The number of aromatic nitrogens is 1. The Morgan fingerprint density at radius 1 is 1.13 bits per heavy atom. The molecule has 0 spiro atoms. The van der Waals surface area contributed by atoms with Gasteiger partial charge in [0.15, 0.2) is 12.4 Å². The van der Waals surface area contributed by atoms with Crippen LogP contribution in [-0.4, -0.2) is 17.5 Å². The van der Waals surface area contributed by atoms with Crippen molar-refractivity contribution in [3.63, 3.8) is 0 Å². The highest BCUT2D eigenvalue weighted by atomic mass is 79.9. The number of amides is 1. The van der Waals surface area contributed by atoms with Crippen LogP contribution in [0.4, 0.5) is 11.6 Å². The summed E-state index contributed by atoms with van der Waals surface area (Å²) in [5, 5.41) is 9.25. The Morgan fingerprint density at radius 2 is 1.83 bits per heavy atom. The first-order valence-corrected chi connectivity index (χ1v) is 7.62. The highest BCUT2D eigenvalue weighted by Gasteiger charge is 2.07. The number of ether oxygens (including phenoxy) is 1. The molecule has 6 nitrogen and oxygen atoms in total. The van der Waals surface area contributed by atoms with Crippen LogP contribution in [0.1, 0.15) is 0 Å². The summed E-state index contributed by atoms with van der Waals surface area (Å²) >= 11 is 3.33. The SMILES string of the molecule is Nc1[nH]c(N=NC(=O)COc2ccc(Br)cc2)c2ccccc12. The van der Waals surface area contributed by atoms with Crippen LogP contribution in [0.5, 0.6) is 5.75 Å². The molecule has 0 aliphatic carbocycles. The van der Waals surface area contributed by atoms with E-state index in [-0.39, 0.29) is 6.61 Å². The Kier molecular flexibility index (Phi) is 4.38. The maximum atomic E-state index is 11.8. The molecule has 0 aliphatic rings. The van der Waals surface area contributed by atoms with E-state index in [1.54, 1.807) is 12.1 Å². The Morgan fingerprint density at radius 3 is 2.57 bits per heavy atom. The maximum Gasteiger partial charge on any atom is 0.302 e. The molecule has 0 aliphatic heterocycles. The highest BCUT2D eigenvalue weighted by Crippen LogP contribution is 2.30. The van der Waals surface area contributed by atoms with E-state index in [0.29, 0.717) is 17.4 Å². The second-order valence-corrected chi connectivity index (χ2v) is 5.68. The number of azo groups is 1. The standard InChI is InChI=1S/C16H13BrN4O2/c17-10-5-7-11(8-6-10)23-9-14(22)20-21-16-13-4-2-1-3-12(13)15(18)19-16/h1-8,19H,9,18H2. The quantitative estimate of drug-likeness (QED) is 0.671. The average molecular weight is 373 g/mol. The molecule has 1 amide bonds. The van der Waals surface area contributed by atoms with Crippen molar-refractivity contribution in [2.75, 3.05) is 12.3 Å². The summed E-state index contributed by atoms with van der Waals surface area (Å²) < 4.78 is 6.28. The van der Waals surface area contributed by atoms with E-state index < -0.39 is 5.91 Å². The van der Waals surface area contributed by atoms with Crippen molar-refractivity contribution in [2.45, 2.75) is 0 Å². The molecule has 0 fully saturated rings. The zero-order valence-electron chi connectivity index (χ0n) is 12.0. The second-order valence-electron chi connectivity index (χ2n) is 4.77. The number of nitrogens with one attached hydrogen (secondary N) is 1. The summed E-state index contributed by atoms with van der Waals surface area (Å²) in [4.78, 5) is 14.7. The summed E-state index contributed by atoms with van der Waals surface area (Å²) in [7, 11) is 0. The largest absolute Gasteiger partial charge is 0.484 e. The zero-order chi connectivity index (χ0) is 16.2. The molecule has 3 rings (SSSR count). The molecule has 3 aromatic rings. The minimum Gasteiger partial charge on any atom is -0.484 e. The summed E-state index contributed by atoms with van der Waals surface area (Å²) in [6.45, 7) is -0.181. The molecule has 2 aromatic carbocycles. The smallest absolute Gasteiger partial charge is 0.302 e. The van der Waals surface area contributed by atoms with E-state index in [2.05, 4.69) is 31.1 Å². The molecule has 0 saturated heterocycles. The van der Waals surface area contributed by atoms with Crippen LogP contribution in [0.3, 0.4) is 0 Å². The number of nitrogens with two attached hydrogens (primary N) is 1. The van der Waals surface area contributed by atoms with Crippen molar-refractivity contribution in [1.82, 2.24) is 4.98 Å². The van der Waals surface area contributed by atoms with Gasteiger partial charge in [-0.2, -0.15) is 0 Å². The van der Waals surface area contributed by atoms with Crippen LogP contribution in [0.2, 0.25) is 0 Å². The van der Waals surface area contributed by atoms with Gasteiger partial charge in [-0.15, -0.1) is 10.2 Å². The number of fused-ring (bicyclic) bond motifs is 1. The van der Waals surface area contributed by atoms with Crippen molar-refractivity contribution >= 4 is 44.2 Å². The summed E-state index contributed by atoms with van der Waals surface area (Å²) in [6.07, 6.45) is 0. The molecule has 0 radical (unpaired) electrons. The predicted octanol–water partition coefficient (Wildman–Crippen LogP) is 4.20. The van der Waals surface area contributed by atoms with E-state index in [9.17, 15) is 4.79 Å². The third-order valence-electron chi connectivity index (χ3n) is 3.16. The lowest BCUT2D eigenvalue weighted by Crippen LogP contribution is -2.07. The lowest BCUT2D eigenvalue weighted by Gasteiger charge is -2.02. The fourth-order valence-electron chi connectivity index (χ4n) is 2.08. The molecular formula is C16H13BrN4O2. The molecule has 7 heteroatoms. The summed E-state index contributed by atoms with van der Waals surface area (Å²) in [5.74, 6) is 1.06. The van der Waals surface area contributed by atoms with Crippen LogP contribution in [0.25, 0.3) is 10.8 Å². The van der Waals surface area contributed by atoms with Crippen LogP contribution in [0.15, 0.2) is 63.2 Å². The zero-order valence-corrected chi connectivity index (χ0v) is 13.6. The highest BCUT2D eigenvalue weighted by molar-refractivity contribution is 9.10. The molecule has 0 unspecified atom stereocenters. The molecule has 1 heterocycles. The Balaban J connectivity index is 1.67. The third-order valence-corrected chi connectivity index (χ3v) is 3.69. The number of carbonyl (C=O) groups is 1. The van der Waals surface area contributed by atoms with E-state index in [1.807, 2.05) is 36.4 Å². The topological polar surface area (TPSA) is 92.8 Å². The van der Waals surface area contributed by atoms with Gasteiger partial charge in [0.2, 0.25) is 0 Å². The van der Waals surface area contributed by atoms with Gasteiger partial charge in [-0.25, -0.2) is 0 Å². The van der Waals surface area contributed by atoms with Gasteiger partial charge in [0.1, 0.15) is 11.6 Å². The first kappa shape index (κ1) is 15.2. The number of hydrogen-bond acceptors (Lipinski definition) is 4. The third kappa shape index (κ3) is 3.57. The lowest BCUT2D eigenvalue weighted by atomic mass is 10.2. The number of benzene rings is 2. The van der Waals surface area contributed by atoms with Gasteiger partial charge in [-0.3, -0.25) is 4.79 Å². The van der Waals surface area contributed by atoms with Crippen LogP contribution < -0.4 is 10.5 Å². The van der Waals surface area contributed by atoms with Gasteiger partial charge in [0.25, 0.3) is 0 Å². The molecular weight excluding hydrogens is 360 g/mol. The second kappa shape index (κ2) is 6.62. The number of hydrogen-bond donors (Lipinski definition) is 2. The van der Waals surface area contributed by atoms with Crippen LogP contribution in [-0.2, 0) is 4.79 Å². The first-order chi connectivity index (χ1) is 11.1. The number of rotatable bonds is 4. The van der Waals surface area contributed by atoms with Gasteiger partial charge in [0, 0.05) is 15.2 Å². The molecule has 0 saturated carbocycles. The number of halogens is 1. The normalized spacial score (nSPS) is 11.2. The predicted molar refractivity (Wildman–Crippen MR) is 91.9 cm³/mol. The summed E-state index contributed by atoms with van der Waals surface area (Å²) in [6, 6.07) is 14.7. The lowest BCUT2D eigenvalue weighted by molar-refractivity contribution is -0.120. The molecule has 23 heavy (non-hydrogen) atoms. The maximum absolute atomic E-state index is 11.8. The van der Waals surface area contributed by atoms with Gasteiger partial charge in [0.05, 0.1) is 0 Å². The van der Waals surface area contributed by atoms with E-state index in [0.717, 1.165) is 15.2 Å². The number of nitrogen functional groups attached to an aromatic ring is 1. The number of nitrogens with zero attached hydrogens (tertiary/aromatic N) is 2. The fraction of sp³-hybridized carbons (Fsp3) is 0.0625. The van der Waals surface area contributed by atoms with Crippen molar-refractivity contribution in [3.8, 4) is 5.75 Å². The average Bonchev–Trinajstić information content (AvgIpc) is 2.89. The van der Waals surface area contributed by atoms with Crippen molar-refractivity contribution in [3.05, 3.63) is 53.0 Å². The summed E-state index contributed by atoms with van der Waals surface area (Å²) in [5.41, 5.74) is 5.86. The van der Waals surface area contributed by atoms with Gasteiger partial charge >= 0.3 is 5.91 Å². The van der Waals surface area contributed by atoms with Gasteiger partial charge in [-0.1, -0.05) is 40.2 Å². The van der Waals surface area contributed by atoms with E-state index >= 15 is 0 Å². The monoisotopic (exact) mass is 372 g/mol. The minimum absolute atomic E-state index is 0.181. The van der Waals surface area contributed by atoms with Crippen molar-refractivity contribution in [2.24, 2.45) is 10.2 Å². The number of aromatic amines is 1. The minimum atomic E-state index is -0.481.